The number of carboxylic acid groups (broad SMARTS) is 1. The molecular weight excluding hydrogens is 244 g/mol. The molecule has 0 saturated heterocycles. The molecule has 1 aliphatic rings. The molecule has 1 saturated carbocycles. The number of hydrogen-bond donors (Lipinski definition) is 3. The van der Waals surface area contributed by atoms with Gasteiger partial charge in [0.25, 0.3) is 0 Å². The van der Waals surface area contributed by atoms with E-state index in [1.165, 1.54) is 0 Å². The van der Waals surface area contributed by atoms with Crippen LogP contribution in [0.1, 0.15) is 30.4 Å². The number of rotatable bonds is 5. The Morgan fingerprint density at radius 2 is 1.89 bits per heavy atom. The zero-order valence-electron chi connectivity index (χ0n) is 10.7. The largest absolute Gasteiger partial charge is 0.481 e. The number of carboxylic acids is 1. The van der Waals surface area contributed by atoms with Crippen LogP contribution in [0.15, 0.2) is 24.3 Å². The quantitative estimate of drug-likeness (QED) is 0.732. The van der Waals surface area contributed by atoms with E-state index in [0.717, 1.165) is 30.4 Å². The molecule has 0 unspecified atom stereocenters. The van der Waals surface area contributed by atoms with Gasteiger partial charge in [0, 0.05) is 6.54 Å². The summed E-state index contributed by atoms with van der Waals surface area (Å²) in [6.45, 7) is 0.321. The second-order valence-corrected chi connectivity index (χ2v) is 5.03. The van der Waals surface area contributed by atoms with E-state index in [1.54, 1.807) is 12.1 Å². The highest BCUT2D eigenvalue weighted by Crippen LogP contribution is 2.29. The van der Waals surface area contributed by atoms with E-state index < -0.39 is 11.5 Å². The van der Waals surface area contributed by atoms with E-state index in [9.17, 15) is 9.59 Å². The lowest BCUT2D eigenvalue weighted by Crippen LogP contribution is -2.58. The van der Waals surface area contributed by atoms with Gasteiger partial charge in [-0.05, 0) is 30.4 Å². The molecule has 19 heavy (non-hydrogen) atoms. The fourth-order valence-electron chi connectivity index (χ4n) is 2.20. The van der Waals surface area contributed by atoms with Crippen molar-refractivity contribution < 1.29 is 14.7 Å². The van der Waals surface area contributed by atoms with Gasteiger partial charge in [-0.3, -0.25) is 9.59 Å². The third-order valence-electron chi connectivity index (χ3n) is 3.60. The fraction of sp³-hybridized carbons (Fsp3) is 0.429. The zero-order valence-corrected chi connectivity index (χ0v) is 10.7. The number of carbonyl (C=O) groups excluding carboxylic acids is 1. The summed E-state index contributed by atoms with van der Waals surface area (Å²) in [6, 6.07) is 7.20. The van der Waals surface area contributed by atoms with Gasteiger partial charge in [-0.1, -0.05) is 24.3 Å². The van der Waals surface area contributed by atoms with E-state index in [2.05, 4.69) is 5.32 Å². The SMILES string of the molecule is NC1(C(=O)NCc2ccccc2CC(=O)O)CCC1. The van der Waals surface area contributed by atoms with Crippen LogP contribution in [-0.4, -0.2) is 22.5 Å². The summed E-state index contributed by atoms with van der Waals surface area (Å²) in [5.74, 6) is -1.03. The second-order valence-electron chi connectivity index (χ2n) is 5.03. The summed E-state index contributed by atoms with van der Waals surface area (Å²) in [5, 5.41) is 11.6. The number of carbonyl (C=O) groups is 2. The average Bonchev–Trinajstić information content (AvgIpc) is 2.34. The van der Waals surface area contributed by atoms with Gasteiger partial charge in [-0.25, -0.2) is 0 Å². The maximum atomic E-state index is 11.9. The Morgan fingerprint density at radius 1 is 1.26 bits per heavy atom. The van der Waals surface area contributed by atoms with Gasteiger partial charge >= 0.3 is 5.97 Å². The summed E-state index contributed by atoms with van der Waals surface area (Å²) < 4.78 is 0. The first-order valence-corrected chi connectivity index (χ1v) is 6.37. The van der Waals surface area contributed by atoms with E-state index in [4.69, 9.17) is 10.8 Å². The zero-order chi connectivity index (χ0) is 13.9. The molecule has 1 aromatic carbocycles. The normalized spacial score (nSPS) is 16.5. The van der Waals surface area contributed by atoms with Crippen LogP contribution in [0.25, 0.3) is 0 Å². The van der Waals surface area contributed by atoms with Gasteiger partial charge in [-0.2, -0.15) is 0 Å². The van der Waals surface area contributed by atoms with Gasteiger partial charge < -0.3 is 16.2 Å². The van der Waals surface area contributed by atoms with Gasteiger partial charge in [-0.15, -0.1) is 0 Å². The number of nitrogens with one attached hydrogen (secondary N) is 1. The minimum absolute atomic E-state index is 0.0419. The Hall–Kier alpha value is -1.88. The maximum absolute atomic E-state index is 11.9. The molecule has 0 bridgehead atoms. The first kappa shape index (κ1) is 13.5. The Morgan fingerprint density at radius 3 is 2.42 bits per heavy atom. The van der Waals surface area contributed by atoms with Crippen molar-refractivity contribution in [3.63, 3.8) is 0 Å². The van der Waals surface area contributed by atoms with Gasteiger partial charge in [0.1, 0.15) is 0 Å². The Balaban J connectivity index is 1.99. The topological polar surface area (TPSA) is 92.4 Å². The van der Waals surface area contributed by atoms with Gasteiger partial charge in [0.15, 0.2) is 0 Å². The van der Waals surface area contributed by atoms with Crippen LogP contribution in [-0.2, 0) is 22.6 Å². The van der Waals surface area contributed by atoms with Crippen molar-refractivity contribution in [1.82, 2.24) is 5.32 Å². The molecule has 102 valence electrons. The van der Waals surface area contributed by atoms with E-state index >= 15 is 0 Å². The molecule has 0 aromatic heterocycles. The first-order valence-electron chi connectivity index (χ1n) is 6.37. The van der Waals surface area contributed by atoms with Crippen molar-refractivity contribution in [1.29, 1.82) is 0 Å². The fourth-order valence-corrected chi connectivity index (χ4v) is 2.20. The lowest BCUT2D eigenvalue weighted by Gasteiger charge is -2.36. The molecular formula is C14H18N2O3. The number of aliphatic carboxylic acids is 1. The molecule has 0 spiro atoms. The average molecular weight is 262 g/mol. The summed E-state index contributed by atoms with van der Waals surface area (Å²) in [6.07, 6.45) is 2.38. The Bertz CT molecular complexity index is 495. The molecule has 4 N–H and O–H groups in total. The predicted octanol–water partition coefficient (Wildman–Crippen LogP) is 0.811. The molecule has 1 fully saturated rings. The standard InChI is InChI=1S/C14H18N2O3/c15-14(6-3-7-14)13(19)16-9-11-5-2-1-4-10(11)8-12(17)18/h1-2,4-5H,3,6-9,15H2,(H,16,19)(H,17,18). The van der Waals surface area contributed by atoms with Crippen molar-refractivity contribution in [3.05, 3.63) is 35.4 Å². The molecule has 0 aliphatic heterocycles. The summed E-state index contributed by atoms with van der Waals surface area (Å²) in [5.41, 5.74) is 6.74. The van der Waals surface area contributed by atoms with Gasteiger partial charge in [0.05, 0.1) is 12.0 Å². The van der Waals surface area contributed by atoms with E-state index in [0.29, 0.717) is 6.54 Å². The van der Waals surface area contributed by atoms with Crippen LogP contribution in [0.2, 0.25) is 0 Å². The van der Waals surface area contributed by atoms with Crippen LogP contribution in [0, 0.1) is 0 Å². The Labute approximate surface area is 111 Å². The lowest BCUT2D eigenvalue weighted by molar-refractivity contribution is -0.136. The molecule has 0 heterocycles. The van der Waals surface area contributed by atoms with Crippen molar-refractivity contribution in [3.8, 4) is 0 Å². The third-order valence-corrected chi connectivity index (χ3v) is 3.60. The molecule has 5 heteroatoms. The number of hydrogen-bond acceptors (Lipinski definition) is 3. The number of amides is 1. The van der Waals surface area contributed by atoms with Crippen molar-refractivity contribution >= 4 is 11.9 Å². The predicted molar refractivity (Wildman–Crippen MR) is 70.4 cm³/mol. The van der Waals surface area contributed by atoms with E-state index in [-0.39, 0.29) is 12.3 Å². The molecule has 2 rings (SSSR count). The molecule has 0 atom stereocenters. The van der Waals surface area contributed by atoms with Crippen LogP contribution in [0.5, 0.6) is 0 Å². The maximum Gasteiger partial charge on any atom is 0.307 e. The molecule has 1 aromatic rings. The summed E-state index contributed by atoms with van der Waals surface area (Å²) in [7, 11) is 0. The van der Waals surface area contributed by atoms with E-state index in [1.807, 2.05) is 12.1 Å². The highest BCUT2D eigenvalue weighted by molar-refractivity contribution is 5.87. The smallest absolute Gasteiger partial charge is 0.307 e. The molecule has 5 nitrogen and oxygen atoms in total. The van der Waals surface area contributed by atoms with Crippen molar-refractivity contribution in [2.45, 2.75) is 37.8 Å². The van der Waals surface area contributed by atoms with Crippen molar-refractivity contribution in [2.75, 3.05) is 0 Å². The molecule has 0 radical (unpaired) electrons. The van der Waals surface area contributed by atoms with Crippen LogP contribution in [0.3, 0.4) is 0 Å². The van der Waals surface area contributed by atoms with Crippen LogP contribution >= 0.6 is 0 Å². The summed E-state index contributed by atoms with van der Waals surface area (Å²) >= 11 is 0. The number of nitrogens with two attached hydrogens (primary N) is 1. The lowest BCUT2D eigenvalue weighted by atomic mass is 9.77. The summed E-state index contributed by atoms with van der Waals surface area (Å²) in [4.78, 5) is 22.7. The van der Waals surface area contributed by atoms with Crippen LogP contribution < -0.4 is 11.1 Å². The molecule has 1 amide bonds. The van der Waals surface area contributed by atoms with Gasteiger partial charge in [0.2, 0.25) is 5.91 Å². The number of benzene rings is 1. The highest BCUT2D eigenvalue weighted by Gasteiger charge is 2.39. The second kappa shape index (κ2) is 5.40. The highest BCUT2D eigenvalue weighted by atomic mass is 16.4. The Kier molecular flexibility index (Phi) is 3.85. The third kappa shape index (κ3) is 3.12. The van der Waals surface area contributed by atoms with Crippen molar-refractivity contribution in [2.24, 2.45) is 5.73 Å². The monoisotopic (exact) mass is 262 g/mol. The minimum Gasteiger partial charge on any atom is -0.481 e. The minimum atomic E-state index is -0.881. The first-order chi connectivity index (χ1) is 9.01. The molecule has 1 aliphatic carbocycles. The van der Waals surface area contributed by atoms with Crippen LogP contribution in [0.4, 0.5) is 0 Å².